The van der Waals surface area contributed by atoms with Gasteiger partial charge in [0.15, 0.2) is 0 Å². The molecule has 0 bridgehead atoms. The molecule has 0 aromatic heterocycles. The van der Waals surface area contributed by atoms with Gasteiger partial charge in [0.25, 0.3) is 11.7 Å². The van der Waals surface area contributed by atoms with Crippen molar-refractivity contribution in [2.75, 3.05) is 31.0 Å². The number of ketones is 1. The van der Waals surface area contributed by atoms with Gasteiger partial charge in [-0.1, -0.05) is 41.4 Å². The van der Waals surface area contributed by atoms with E-state index in [1.807, 2.05) is 69.2 Å². The Kier molecular flexibility index (Phi) is 6.59. The summed E-state index contributed by atoms with van der Waals surface area (Å²) in [6, 6.07) is 17.5. The highest BCUT2D eigenvalue weighted by molar-refractivity contribution is 6.51. The van der Waals surface area contributed by atoms with Gasteiger partial charge in [-0.2, -0.15) is 0 Å². The molecule has 0 spiro atoms. The molecule has 1 aliphatic rings. The van der Waals surface area contributed by atoms with Crippen LogP contribution in [0.3, 0.4) is 0 Å². The summed E-state index contributed by atoms with van der Waals surface area (Å²) in [7, 11) is 5.29. The molecule has 1 fully saturated rings. The number of hydrogen-bond donors (Lipinski definition) is 1. The van der Waals surface area contributed by atoms with Crippen molar-refractivity contribution in [3.63, 3.8) is 0 Å². The van der Waals surface area contributed by atoms with E-state index < -0.39 is 17.7 Å². The van der Waals surface area contributed by atoms with Crippen LogP contribution in [0.25, 0.3) is 5.76 Å². The van der Waals surface area contributed by atoms with Crippen molar-refractivity contribution in [2.24, 2.45) is 0 Å². The SMILES string of the molecule is COc1c(Cl)cc(C)cc1/C(O)=C1\C(=O)C(=O)N(c2ccc(N(C)C)cc2)C1c1cccc(C)c1. The van der Waals surface area contributed by atoms with Crippen LogP contribution in [-0.4, -0.2) is 38.0 Å². The molecule has 35 heavy (non-hydrogen) atoms. The first kappa shape index (κ1) is 24.4. The summed E-state index contributed by atoms with van der Waals surface area (Å²) < 4.78 is 5.44. The summed E-state index contributed by atoms with van der Waals surface area (Å²) in [4.78, 5) is 30.2. The summed E-state index contributed by atoms with van der Waals surface area (Å²) in [5, 5.41) is 11.8. The number of ether oxygens (including phenoxy) is 1. The molecule has 1 unspecified atom stereocenters. The lowest BCUT2D eigenvalue weighted by Crippen LogP contribution is -2.29. The highest BCUT2D eigenvalue weighted by Gasteiger charge is 2.47. The number of Topliss-reactive ketones (excluding diaryl/α,β-unsaturated/α-hetero) is 1. The zero-order chi connectivity index (χ0) is 25.4. The second kappa shape index (κ2) is 9.47. The van der Waals surface area contributed by atoms with Crippen molar-refractivity contribution in [1.82, 2.24) is 0 Å². The first-order chi connectivity index (χ1) is 16.6. The highest BCUT2D eigenvalue weighted by atomic mass is 35.5. The van der Waals surface area contributed by atoms with Crippen molar-refractivity contribution >= 4 is 40.4 Å². The zero-order valence-electron chi connectivity index (χ0n) is 20.3. The second-order valence-corrected chi connectivity index (χ2v) is 9.23. The maximum atomic E-state index is 13.4. The number of aryl methyl sites for hydroxylation is 2. The lowest BCUT2D eigenvalue weighted by Gasteiger charge is -2.26. The van der Waals surface area contributed by atoms with E-state index in [-0.39, 0.29) is 22.6 Å². The molecule has 1 saturated heterocycles. The summed E-state index contributed by atoms with van der Waals surface area (Å²) in [5.74, 6) is -1.58. The number of rotatable bonds is 5. The fourth-order valence-electron chi connectivity index (χ4n) is 4.42. The molecule has 4 rings (SSSR count). The number of methoxy groups -OCH3 is 1. The summed E-state index contributed by atoms with van der Waals surface area (Å²) in [5.41, 5.74) is 4.20. The van der Waals surface area contributed by atoms with E-state index in [2.05, 4.69) is 0 Å². The monoisotopic (exact) mass is 490 g/mol. The Balaban J connectivity index is 1.98. The highest BCUT2D eigenvalue weighted by Crippen LogP contribution is 2.44. The van der Waals surface area contributed by atoms with Crippen molar-refractivity contribution in [3.05, 3.63) is 93.5 Å². The number of anilines is 2. The van der Waals surface area contributed by atoms with Gasteiger partial charge in [0.05, 0.1) is 29.3 Å². The molecule has 0 aliphatic carbocycles. The Bertz CT molecular complexity index is 1350. The number of hydrogen-bond acceptors (Lipinski definition) is 5. The Labute approximate surface area is 210 Å². The van der Waals surface area contributed by atoms with E-state index in [0.717, 1.165) is 16.8 Å². The third-order valence-corrected chi connectivity index (χ3v) is 6.37. The number of amides is 1. The van der Waals surface area contributed by atoms with Crippen molar-refractivity contribution < 1.29 is 19.4 Å². The summed E-state index contributed by atoms with van der Waals surface area (Å²) in [6.45, 7) is 3.76. The molecule has 0 saturated carbocycles. The average Bonchev–Trinajstić information content (AvgIpc) is 3.08. The minimum Gasteiger partial charge on any atom is -0.507 e. The van der Waals surface area contributed by atoms with Gasteiger partial charge < -0.3 is 14.7 Å². The Morgan fingerprint density at radius 3 is 2.29 bits per heavy atom. The fraction of sp³-hybridized carbons (Fsp3) is 0.214. The van der Waals surface area contributed by atoms with Crippen molar-refractivity contribution in [3.8, 4) is 5.75 Å². The third kappa shape index (κ3) is 4.37. The molecule has 1 heterocycles. The van der Waals surface area contributed by atoms with Gasteiger partial charge in [-0.3, -0.25) is 14.5 Å². The van der Waals surface area contributed by atoms with Gasteiger partial charge in [0, 0.05) is 25.5 Å². The van der Waals surface area contributed by atoms with Gasteiger partial charge >= 0.3 is 0 Å². The lowest BCUT2D eigenvalue weighted by molar-refractivity contribution is -0.132. The topological polar surface area (TPSA) is 70.1 Å². The quantitative estimate of drug-likeness (QED) is 0.284. The number of aliphatic hydroxyl groups excluding tert-OH is 1. The molecule has 0 radical (unpaired) electrons. The first-order valence-corrected chi connectivity index (χ1v) is 11.5. The first-order valence-electron chi connectivity index (χ1n) is 11.1. The molecular formula is C28H27ClN2O4. The number of aliphatic hydroxyl groups is 1. The Morgan fingerprint density at radius 2 is 1.69 bits per heavy atom. The van der Waals surface area contributed by atoms with E-state index in [1.54, 1.807) is 24.3 Å². The van der Waals surface area contributed by atoms with Crippen molar-refractivity contribution in [2.45, 2.75) is 19.9 Å². The molecule has 1 aliphatic heterocycles. The fourth-order valence-corrected chi connectivity index (χ4v) is 4.77. The lowest BCUT2D eigenvalue weighted by atomic mass is 9.93. The number of benzene rings is 3. The predicted octanol–water partition coefficient (Wildman–Crippen LogP) is 5.66. The van der Waals surface area contributed by atoms with Crippen LogP contribution in [-0.2, 0) is 9.59 Å². The van der Waals surface area contributed by atoms with Crippen LogP contribution in [0.1, 0.15) is 28.3 Å². The van der Waals surface area contributed by atoms with E-state index in [1.165, 1.54) is 12.0 Å². The number of nitrogens with zero attached hydrogens (tertiary/aromatic N) is 2. The molecule has 180 valence electrons. The van der Waals surface area contributed by atoms with E-state index in [4.69, 9.17) is 16.3 Å². The van der Waals surface area contributed by atoms with Crippen LogP contribution < -0.4 is 14.5 Å². The predicted molar refractivity (Wildman–Crippen MR) is 139 cm³/mol. The van der Waals surface area contributed by atoms with Gasteiger partial charge in [-0.15, -0.1) is 0 Å². The number of carbonyl (C=O) groups excluding carboxylic acids is 2. The standard InChI is InChI=1S/C28H27ClN2O4/c1-16-7-6-8-18(13-16)24-23(25(32)21-14-17(2)15-22(29)27(21)35-5)26(33)28(34)31(24)20-11-9-19(10-12-20)30(3)4/h6-15,24,32H,1-5H3/b25-23+. The van der Waals surface area contributed by atoms with E-state index >= 15 is 0 Å². The van der Waals surface area contributed by atoms with Crippen LogP contribution in [0.5, 0.6) is 5.75 Å². The number of halogens is 1. The molecule has 1 atom stereocenters. The molecule has 1 N–H and O–H groups in total. The third-order valence-electron chi connectivity index (χ3n) is 6.09. The molecule has 1 amide bonds. The Morgan fingerprint density at radius 1 is 1.00 bits per heavy atom. The minimum atomic E-state index is -0.830. The molecular weight excluding hydrogens is 464 g/mol. The molecule has 3 aromatic rings. The van der Waals surface area contributed by atoms with Crippen LogP contribution in [0.2, 0.25) is 5.02 Å². The molecule has 6 nitrogen and oxygen atoms in total. The summed E-state index contributed by atoms with van der Waals surface area (Å²) >= 11 is 6.36. The minimum absolute atomic E-state index is 0.0164. The molecule has 7 heteroatoms. The van der Waals surface area contributed by atoms with E-state index in [0.29, 0.717) is 16.3 Å². The van der Waals surface area contributed by atoms with Crippen LogP contribution in [0, 0.1) is 13.8 Å². The van der Waals surface area contributed by atoms with E-state index in [9.17, 15) is 14.7 Å². The van der Waals surface area contributed by atoms with Gasteiger partial charge in [0.1, 0.15) is 11.5 Å². The molecule has 3 aromatic carbocycles. The van der Waals surface area contributed by atoms with Crippen LogP contribution in [0.4, 0.5) is 11.4 Å². The number of carbonyl (C=O) groups is 2. The van der Waals surface area contributed by atoms with Crippen molar-refractivity contribution in [1.29, 1.82) is 0 Å². The zero-order valence-corrected chi connectivity index (χ0v) is 21.1. The maximum absolute atomic E-state index is 13.4. The maximum Gasteiger partial charge on any atom is 0.300 e. The Hall–Kier alpha value is -3.77. The van der Waals surface area contributed by atoms with Gasteiger partial charge in [-0.05, 0) is 61.4 Å². The largest absolute Gasteiger partial charge is 0.507 e. The second-order valence-electron chi connectivity index (χ2n) is 8.82. The van der Waals surface area contributed by atoms with Gasteiger partial charge in [-0.25, -0.2) is 0 Å². The van der Waals surface area contributed by atoms with Gasteiger partial charge in [0.2, 0.25) is 0 Å². The normalized spacial score (nSPS) is 17.1. The smallest absolute Gasteiger partial charge is 0.300 e. The summed E-state index contributed by atoms with van der Waals surface area (Å²) in [6.07, 6.45) is 0. The average molecular weight is 491 g/mol. The van der Waals surface area contributed by atoms with Crippen LogP contribution in [0.15, 0.2) is 66.2 Å². The van der Waals surface area contributed by atoms with Crippen LogP contribution >= 0.6 is 11.6 Å².